The van der Waals surface area contributed by atoms with Gasteiger partial charge in [-0.25, -0.2) is 0 Å². The van der Waals surface area contributed by atoms with Crippen LogP contribution in [0.1, 0.15) is 33.6 Å². The van der Waals surface area contributed by atoms with E-state index >= 15 is 0 Å². The van der Waals surface area contributed by atoms with Gasteiger partial charge in [-0.05, 0) is 58.8 Å². The van der Waals surface area contributed by atoms with Gasteiger partial charge >= 0.3 is 0 Å². The quantitative estimate of drug-likeness (QED) is 0.780. The van der Waals surface area contributed by atoms with E-state index in [1.165, 1.54) is 25.9 Å². The van der Waals surface area contributed by atoms with Crippen molar-refractivity contribution < 1.29 is 9.53 Å². The van der Waals surface area contributed by atoms with E-state index in [0.29, 0.717) is 6.47 Å². The molecule has 0 unspecified atom stereocenters. The van der Waals surface area contributed by atoms with Crippen molar-refractivity contribution in [3.63, 3.8) is 0 Å². The van der Waals surface area contributed by atoms with Gasteiger partial charge < -0.3 is 10.1 Å². The Morgan fingerprint density at radius 2 is 1.67 bits per heavy atom. The standard InChI is InChI=1S/C5H5N.C5H10O2.C4H9N/c1-2-4-6-5-3-1;1-5(2,3)7-4-6;1-2-4-5-3-1/h1-5H;4H,1-3H3;5H,1-4H2. The number of aromatic nitrogens is 1. The molecule has 0 spiro atoms. The van der Waals surface area contributed by atoms with Crippen LogP contribution in [0.15, 0.2) is 30.6 Å². The van der Waals surface area contributed by atoms with Crippen LogP contribution in [-0.4, -0.2) is 30.1 Å². The molecule has 1 aromatic heterocycles. The maximum absolute atomic E-state index is 9.60. The Morgan fingerprint density at radius 1 is 1.11 bits per heavy atom. The summed E-state index contributed by atoms with van der Waals surface area (Å²) in [6.45, 7) is 8.42. The summed E-state index contributed by atoms with van der Waals surface area (Å²) in [5.74, 6) is 0. The molecule has 2 heterocycles. The SMILES string of the molecule is C1CCNC1.CC(C)(C)OC=O.c1ccncc1. The second kappa shape index (κ2) is 10.7. The minimum Gasteiger partial charge on any atom is -0.462 e. The summed E-state index contributed by atoms with van der Waals surface area (Å²) in [6.07, 6.45) is 6.28. The Hall–Kier alpha value is -1.42. The van der Waals surface area contributed by atoms with Crippen LogP contribution < -0.4 is 5.32 Å². The lowest BCUT2D eigenvalue weighted by Crippen LogP contribution is -2.17. The highest BCUT2D eigenvalue weighted by molar-refractivity contribution is 5.37. The zero-order valence-corrected chi connectivity index (χ0v) is 11.6. The first-order valence-electron chi connectivity index (χ1n) is 6.23. The molecule has 2 rings (SSSR count). The number of ether oxygens (including phenoxy) is 1. The highest BCUT2D eigenvalue weighted by atomic mass is 16.5. The van der Waals surface area contributed by atoms with Crippen molar-refractivity contribution in [3.8, 4) is 0 Å². The summed E-state index contributed by atoms with van der Waals surface area (Å²) < 4.78 is 4.55. The largest absolute Gasteiger partial charge is 0.462 e. The van der Waals surface area contributed by atoms with E-state index in [1.54, 1.807) is 12.4 Å². The van der Waals surface area contributed by atoms with Crippen molar-refractivity contribution in [1.29, 1.82) is 0 Å². The van der Waals surface area contributed by atoms with Crippen molar-refractivity contribution in [2.75, 3.05) is 13.1 Å². The van der Waals surface area contributed by atoms with Crippen molar-refractivity contribution in [1.82, 2.24) is 10.3 Å². The number of hydrogen-bond acceptors (Lipinski definition) is 4. The first-order valence-corrected chi connectivity index (χ1v) is 6.23. The molecule has 0 radical (unpaired) electrons. The Morgan fingerprint density at radius 3 is 1.78 bits per heavy atom. The van der Waals surface area contributed by atoms with Gasteiger partial charge in [0, 0.05) is 12.4 Å². The minimum absolute atomic E-state index is 0.318. The summed E-state index contributed by atoms with van der Waals surface area (Å²) in [4.78, 5) is 13.4. The third kappa shape index (κ3) is 14.6. The lowest BCUT2D eigenvalue weighted by Gasteiger charge is -2.14. The predicted octanol–water partition coefficient (Wildman–Crippen LogP) is 2.41. The summed E-state index contributed by atoms with van der Waals surface area (Å²) in [5.41, 5.74) is -0.318. The maximum atomic E-state index is 9.60. The molecular formula is C14H24N2O2. The molecule has 0 amide bonds. The fourth-order valence-electron chi connectivity index (χ4n) is 1.08. The van der Waals surface area contributed by atoms with Crippen LogP contribution in [0.3, 0.4) is 0 Å². The third-order valence-corrected chi connectivity index (χ3v) is 1.93. The van der Waals surface area contributed by atoms with Crippen LogP contribution in [-0.2, 0) is 9.53 Å². The number of nitrogens with zero attached hydrogens (tertiary/aromatic N) is 1. The lowest BCUT2D eigenvalue weighted by molar-refractivity contribution is -0.138. The van der Waals surface area contributed by atoms with E-state index in [-0.39, 0.29) is 5.60 Å². The van der Waals surface area contributed by atoms with Crippen molar-refractivity contribution in [2.24, 2.45) is 0 Å². The van der Waals surface area contributed by atoms with E-state index in [4.69, 9.17) is 0 Å². The molecule has 1 saturated heterocycles. The molecule has 0 bridgehead atoms. The second-order valence-electron chi connectivity index (χ2n) is 4.81. The molecule has 18 heavy (non-hydrogen) atoms. The van der Waals surface area contributed by atoms with Crippen LogP contribution >= 0.6 is 0 Å². The fourth-order valence-corrected chi connectivity index (χ4v) is 1.08. The van der Waals surface area contributed by atoms with Gasteiger partial charge in [0.15, 0.2) is 0 Å². The number of carbonyl (C=O) groups excluding carboxylic acids is 1. The summed E-state index contributed by atoms with van der Waals surface area (Å²) >= 11 is 0. The van der Waals surface area contributed by atoms with Gasteiger partial charge in [0.05, 0.1) is 0 Å². The zero-order valence-electron chi connectivity index (χ0n) is 11.6. The summed E-state index contributed by atoms with van der Waals surface area (Å²) in [5, 5.41) is 3.22. The Bertz CT molecular complexity index is 245. The van der Waals surface area contributed by atoms with Crippen molar-refractivity contribution >= 4 is 6.47 Å². The molecule has 0 saturated carbocycles. The summed E-state index contributed by atoms with van der Waals surface area (Å²) in [6, 6.07) is 5.72. The highest BCUT2D eigenvalue weighted by Crippen LogP contribution is 2.02. The molecule has 1 fully saturated rings. The van der Waals surface area contributed by atoms with Gasteiger partial charge in [0.1, 0.15) is 5.60 Å². The van der Waals surface area contributed by atoms with Crippen LogP contribution in [0, 0.1) is 0 Å². The molecule has 0 aliphatic carbocycles. The highest BCUT2D eigenvalue weighted by Gasteiger charge is 2.07. The Kier molecular flexibility index (Phi) is 9.87. The smallest absolute Gasteiger partial charge is 0.293 e. The van der Waals surface area contributed by atoms with Crippen LogP contribution in [0.2, 0.25) is 0 Å². The van der Waals surface area contributed by atoms with Gasteiger partial charge in [-0.15, -0.1) is 0 Å². The molecule has 0 aromatic carbocycles. The van der Waals surface area contributed by atoms with Gasteiger partial charge in [-0.2, -0.15) is 0 Å². The van der Waals surface area contributed by atoms with E-state index in [1.807, 2.05) is 39.0 Å². The fraction of sp³-hybridized carbons (Fsp3) is 0.571. The number of hydrogen-bond donors (Lipinski definition) is 1. The first-order chi connectivity index (χ1) is 8.56. The molecule has 1 aliphatic heterocycles. The zero-order chi connectivity index (χ0) is 13.7. The first kappa shape index (κ1) is 16.6. The van der Waals surface area contributed by atoms with Crippen molar-refractivity contribution in [3.05, 3.63) is 30.6 Å². The average molecular weight is 252 g/mol. The number of carbonyl (C=O) groups is 1. The summed E-state index contributed by atoms with van der Waals surface area (Å²) in [7, 11) is 0. The third-order valence-electron chi connectivity index (χ3n) is 1.93. The molecule has 4 nitrogen and oxygen atoms in total. The molecule has 1 N–H and O–H groups in total. The lowest BCUT2D eigenvalue weighted by atomic mass is 10.2. The number of rotatable bonds is 1. The van der Waals surface area contributed by atoms with E-state index in [9.17, 15) is 4.79 Å². The minimum atomic E-state index is -0.318. The van der Waals surface area contributed by atoms with E-state index in [2.05, 4.69) is 15.0 Å². The van der Waals surface area contributed by atoms with E-state index < -0.39 is 0 Å². The van der Waals surface area contributed by atoms with Gasteiger partial charge in [0.2, 0.25) is 0 Å². The average Bonchev–Trinajstić information content (AvgIpc) is 2.89. The molecule has 1 aromatic rings. The predicted molar refractivity (Wildman–Crippen MR) is 73.2 cm³/mol. The van der Waals surface area contributed by atoms with Crippen LogP contribution in [0.5, 0.6) is 0 Å². The normalized spacial score (nSPS) is 13.5. The Labute approximate surface area is 110 Å². The van der Waals surface area contributed by atoms with Crippen molar-refractivity contribution in [2.45, 2.75) is 39.2 Å². The molecule has 1 aliphatic rings. The number of nitrogens with one attached hydrogen (secondary N) is 1. The van der Waals surface area contributed by atoms with Gasteiger partial charge in [-0.1, -0.05) is 6.07 Å². The van der Waals surface area contributed by atoms with Gasteiger partial charge in [-0.3, -0.25) is 9.78 Å². The molecule has 4 heteroatoms. The van der Waals surface area contributed by atoms with Crippen LogP contribution in [0.25, 0.3) is 0 Å². The molecular weight excluding hydrogens is 228 g/mol. The molecule has 102 valence electrons. The van der Waals surface area contributed by atoms with Gasteiger partial charge in [0.25, 0.3) is 6.47 Å². The monoisotopic (exact) mass is 252 g/mol. The van der Waals surface area contributed by atoms with Crippen LogP contribution in [0.4, 0.5) is 0 Å². The maximum Gasteiger partial charge on any atom is 0.293 e. The molecule has 0 atom stereocenters. The van der Waals surface area contributed by atoms with E-state index in [0.717, 1.165) is 0 Å². The second-order valence-corrected chi connectivity index (χ2v) is 4.81. The number of pyridine rings is 1. The Balaban J connectivity index is 0.000000243. The topological polar surface area (TPSA) is 51.2 Å².